The number of hydrogen-bond donors (Lipinski definition) is 2. The van der Waals surface area contributed by atoms with Crippen LogP contribution < -0.4 is 5.32 Å². The number of amides is 1. The summed E-state index contributed by atoms with van der Waals surface area (Å²) >= 11 is 0. The Kier molecular flexibility index (Phi) is 4.52. The second kappa shape index (κ2) is 6.76. The van der Waals surface area contributed by atoms with Crippen LogP contribution in [0.2, 0.25) is 0 Å². The molecule has 6 heteroatoms. The molecule has 1 heterocycles. The predicted molar refractivity (Wildman–Crippen MR) is 95.7 cm³/mol. The summed E-state index contributed by atoms with van der Waals surface area (Å²) in [6.07, 6.45) is 0. The molecule has 128 valence electrons. The monoisotopic (exact) mass is 337 g/mol. The lowest BCUT2D eigenvalue weighted by Crippen LogP contribution is -2.22. The van der Waals surface area contributed by atoms with Crippen molar-refractivity contribution in [3.63, 3.8) is 0 Å². The molecule has 6 nitrogen and oxygen atoms in total. The van der Waals surface area contributed by atoms with Crippen LogP contribution in [0.5, 0.6) is 0 Å². The van der Waals surface area contributed by atoms with Crippen LogP contribution in [0.25, 0.3) is 10.9 Å². The summed E-state index contributed by atoms with van der Waals surface area (Å²) < 4.78 is 5.10. The van der Waals surface area contributed by atoms with Gasteiger partial charge in [-0.25, -0.2) is 4.79 Å². The van der Waals surface area contributed by atoms with Crippen molar-refractivity contribution >= 4 is 28.5 Å². The summed E-state index contributed by atoms with van der Waals surface area (Å²) in [6.45, 7) is 5.49. The first kappa shape index (κ1) is 16.7. The van der Waals surface area contributed by atoms with Gasteiger partial charge in [0.05, 0.1) is 5.52 Å². The number of esters is 1. The highest BCUT2D eigenvalue weighted by Gasteiger charge is 2.17. The maximum absolute atomic E-state index is 12.2. The van der Waals surface area contributed by atoms with E-state index in [0.717, 1.165) is 27.9 Å². The van der Waals surface area contributed by atoms with Crippen LogP contribution in [0.3, 0.4) is 0 Å². The van der Waals surface area contributed by atoms with Gasteiger partial charge in [-0.15, -0.1) is 0 Å². The zero-order valence-electron chi connectivity index (χ0n) is 14.3. The van der Waals surface area contributed by atoms with Crippen LogP contribution in [-0.2, 0) is 9.53 Å². The van der Waals surface area contributed by atoms with Crippen molar-refractivity contribution in [2.24, 2.45) is 0 Å². The first-order valence-electron chi connectivity index (χ1n) is 7.93. The van der Waals surface area contributed by atoms with Crippen molar-refractivity contribution in [3.05, 3.63) is 58.8 Å². The molecular formula is C19H19N3O3. The van der Waals surface area contributed by atoms with E-state index in [9.17, 15) is 9.59 Å². The lowest BCUT2D eigenvalue weighted by molar-refractivity contribution is -0.119. The second-order valence-corrected chi connectivity index (χ2v) is 6.02. The molecule has 2 aromatic carbocycles. The number of ether oxygens (including phenoxy) is 1. The summed E-state index contributed by atoms with van der Waals surface area (Å²) in [6, 6.07) is 11.2. The van der Waals surface area contributed by atoms with Crippen molar-refractivity contribution < 1.29 is 14.3 Å². The number of nitrogens with zero attached hydrogens (tertiary/aromatic N) is 1. The Labute approximate surface area is 145 Å². The molecule has 0 fully saturated rings. The third-order valence-corrected chi connectivity index (χ3v) is 3.94. The predicted octanol–water partition coefficient (Wildman–Crippen LogP) is 3.28. The topological polar surface area (TPSA) is 84.1 Å². The Bertz CT molecular complexity index is 936. The minimum absolute atomic E-state index is 0.172. The van der Waals surface area contributed by atoms with Gasteiger partial charge in [0.2, 0.25) is 0 Å². The first-order chi connectivity index (χ1) is 12.0. The van der Waals surface area contributed by atoms with Crippen molar-refractivity contribution in [2.75, 3.05) is 11.9 Å². The van der Waals surface area contributed by atoms with Gasteiger partial charge >= 0.3 is 5.97 Å². The van der Waals surface area contributed by atoms with E-state index < -0.39 is 5.97 Å². The number of H-pyrrole nitrogens is 1. The van der Waals surface area contributed by atoms with Crippen LogP contribution in [-0.4, -0.2) is 28.7 Å². The van der Waals surface area contributed by atoms with E-state index >= 15 is 0 Å². The summed E-state index contributed by atoms with van der Waals surface area (Å²) in [5.41, 5.74) is 4.73. The highest BCUT2D eigenvalue weighted by atomic mass is 16.5. The lowest BCUT2D eigenvalue weighted by atomic mass is 10.1. The number of carbonyl (C=O) groups is 2. The van der Waals surface area contributed by atoms with Gasteiger partial charge in [0.1, 0.15) is 0 Å². The molecular weight excluding hydrogens is 318 g/mol. The summed E-state index contributed by atoms with van der Waals surface area (Å²) in [5, 5.41) is 10.2. The van der Waals surface area contributed by atoms with Gasteiger partial charge in [-0.3, -0.25) is 9.89 Å². The molecule has 3 rings (SSSR count). The van der Waals surface area contributed by atoms with Crippen LogP contribution in [0.1, 0.15) is 27.2 Å². The van der Waals surface area contributed by atoms with Crippen molar-refractivity contribution in [1.29, 1.82) is 0 Å². The fraction of sp³-hybridized carbons (Fsp3) is 0.211. The zero-order valence-corrected chi connectivity index (χ0v) is 14.3. The first-order valence-corrected chi connectivity index (χ1v) is 7.93. The van der Waals surface area contributed by atoms with Crippen LogP contribution in [0, 0.1) is 20.8 Å². The van der Waals surface area contributed by atoms with Crippen LogP contribution in [0.4, 0.5) is 5.69 Å². The molecule has 25 heavy (non-hydrogen) atoms. The van der Waals surface area contributed by atoms with Gasteiger partial charge < -0.3 is 10.1 Å². The minimum atomic E-state index is -0.634. The van der Waals surface area contributed by atoms with Crippen LogP contribution >= 0.6 is 0 Å². The molecule has 0 aliphatic heterocycles. The van der Waals surface area contributed by atoms with E-state index in [4.69, 9.17) is 4.74 Å². The number of rotatable bonds is 4. The molecule has 3 aromatic rings. The Morgan fingerprint density at radius 1 is 1.12 bits per heavy atom. The highest BCUT2D eigenvalue weighted by Crippen LogP contribution is 2.22. The maximum atomic E-state index is 12.2. The molecule has 0 aliphatic rings. The fourth-order valence-electron chi connectivity index (χ4n) is 2.87. The molecule has 0 unspecified atom stereocenters. The normalized spacial score (nSPS) is 10.7. The quantitative estimate of drug-likeness (QED) is 0.716. The smallest absolute Gasteiger partial charge is 0.359 e. The molecule has 0 atom stereocenters. The van der Waals surface area contributed by atoms with Crippen LogP contribution in [0.15, 0.2) is 36.4 Å². The number of hydrogen-bond acceptors (Lipinski definition) is 4. The Morgan fingerprint density at radius 3 is 2.52 bits per heavy atom. The Balaban J connectivity index is 1.66. The van der Waals surface area contributed by atoms with E-state index in [1.165, 1.54) is 0 Å². The third-order valence-electron chi connectivity index (χ3n) is 3.94. The molecule has 0 saturated heterocycles. The SMILES string of the molecule is Cc1cc(C)c(NC(=O)COC(=O)c2n[nH]c3ccccc23)c(C)c1. The Morgan fingerprint density at radius 2 is 1.80 bits per heavy atom. The van der Waals surface area contributed by atoms with E-state index in [-0.39, 0.29) is 18.2 Å². The maximum Gasteiger partial charge on any atom is 0.359 e. The molecule has 0 spiro atoms. The average molecular weight is 337 g/mol. The molecule has 0 bridgehead atoms. The van der Waals surface area contributed by atoms with E-state index in [1.54, 1.807) is 6.07 Å². The second-order valence-electron chi connectivity index (χ2n) is 6.02. The molecule has 1 amide bonds. The van der Waals surface area contributed by atoms with Gasteiger partial charge in [-0.1, -0.05) is 35.9 Å². The number of fused-ring (bicyclic) bond motifs is 1. The van der Waals surface area contributed by atoms with Gasteiger partial charge in [-0.05, 0) is 38.0 Å². The molecule has 2 N–H and O–H groups in total. The van der Waals surface area contributed by atoms with Gasteiger partial charge in [0.25, 0.3) is 5.91 Å². The summed E-state index contributed by atoms with van der Waals surface area (Å²) in [7, 11) is 0. The van der Waals surface area contributed by atoms with Crippen molar-refractivity contribution in [1.82, 2.24) is 10.2 Å². The van der Waals surface area contributed by atoms with Crippen molar-refractivity contribution in [2.45, 2.75) is 20.8 Å². The van der Waals surface area contributed by atoms with Gasteiger partial charge in [0, 0.05) is 11.1 Å². The number of nitrogens with one attached hydrogen (secondary N) is 2. The highest BCUT2D eigenvalue weighted by molar-refractivity contribution is 6.03. The summed E-state index contributed by atoms with van der Waals surface area (Å²) in [5.74, 6) is -1.02. The average Bonchev–Trinajstić information content (AvgIpc) is 3.00. The number of aryl methyl sites for hydroxylation is 3. The van der Waals surface area contributed by atoms with E-state index in [2.05, 4.69) is 15.5 Å². The number of benzene rings is 2. The number of carbonyl (C=O) groups excluding carboxylic acids is 2. The largest absolute Gasteiger partial charge is 0.451 e. The van der Waals surface area contributed by atoms with Crippen molar-refractivity contribution in [3.8, 4) is 0 Å². The Hall–Kier alpha value is -3.15. The molecule has 1 aromatic heterocycles. The van der Waals surface area contributed by atoms with Gasteiger partial charge in [0.15, 0.2) is 12.3 Å². The van der Waals surface area contributed by atoms with E-state index in [0.29, 0.717) is 5.39 Å². The summed E-state index contributed by atoms with van der Waals surface area (Å²) in [4.78, 5) is 24.3. The molecule has 0 aliphatic carbocycles. The molecule has 0 saturated carbocycles. The van der Waals surface area contributed by atoms with Gasteiger partial charge in [-0.2, -0.15) is 5.10 Å². The number of anilines is 1. The number of aromatic nitrogens is 2. The zero-order chi connectivity index (χ0) is 18.0. The molecule has 0 radical (unpaired) electrons. The lowest BCUT2D eigenvalue weighted by Gasteiger charge is -2.12. The number of aromatic amines is 1. The number of para-hydroxylation sites is 1. The fourth-order valence-corrected chi connectivity index (χ4v) is 2.87. The standard InChI is InChI=1S/C19H19N3O3/c1-11-8-12(2)17(13(3)9-11)20-16(23)10-25-19(24)18-14-6-4-5-7-15(14)21-22-18/h4-9H,10H2,1-3H3,(H,20,23)(H,21,22). The third kappa shape index (κ3) is 3.52. The minimum Gasteiger partial charge on any atom is -0.451 e. The van der Waals surface area contributed by atoms with E-state index in [1.807, 2.05) is 51.1 Å².